The second-order valence-electron chi connectivity index (χ2n) is 8.91. The summed E-state index contributed by atoms with van der Waals surface area (Å²) >= 11 is 0. The summed E-state index contributed by atoms with van der Waals surface area (Å²) in [6.45, 7) is 0.473. The summed E-state index contributed by atoms with van der Waals surface area (Å²) in [4.78, 5) is 19.2. The van der Waals surface area contributed by atoms with Gasteiger partial charge in [0, 0.05) is 36.6 Å². The van der Waals surface area contributed by atoms with E-state index in [1.807, 2.05) is 60.7 Å². The summed E-state index contributed by atoms with van der Waals surface area (Å²) in [6.07, 6.45) is 8.60. The van der Waals surface area contributed by atoms with Gasteiger partial charge in [-0.15, -0.1) is 0 Å². The average Bonchev–Trinajstić information content (AvgIpc) is 3.04. The molecule has 2 aromatic carbocycles. The number of pyridine rings is 1. The van der Waals surface area contributed by atoms with Crippen molar-refractivity contribution in [2.45, 2.75) is 50.4 Å². The zero-order valence-corrected chi connectivity index (χ0v) is 18.4. The molecule has 5 nitrogen and oxygen atoms in total. The maximum atomic E-state index is 12.6. The van der Waals surface area contributed by atoms with Gasteiger partial charge in [-0.2, -0.15) is 0 Å². The van der Waals surface area contributed by atoms with Crippen molar-refractivity contribution in [1.29, 1.82) is 0 Å². The summed E-state index contributed by atoms with van der Waals surface area (Å²) in [7, 11) is 2.24. The number of ether oxygens (including phenoxy) is 1. The average molecular weight is 428 g/mol. The number of hydrogen-bond donors (Lipinski definition) is 1. The Morgan fingerprint density at radius 1 is 1.00 bits per heavy atom. The second kappa shape index (κ2) is 9.13. The Bertz CT molecular complexity index is 1050. The molecule has 1 N–H and O–H groups in total. The molecule has 2 bridgehead atoms. The number of nitrogens with one attached hydrogen (secondary N) is 1. The third-order valence-electron chi connectivity index (χ3n) is 6.87. The van der Waals surface area contributed by atoms with E-state index in [-0.39, 0.29) is 12.0 Å². The first kappa shape index (κ1) is 20.7. The lowest BCUT2D eigenvalue weighted by Crippen LogP contribution is -2.43. The molecule has 1 unspecified atom stereocenters. The molecule has 5 rings (SSSR count). The number of piperidine rings is 1. The van der Waals surface area contributed by atoms with Crippen molar-refractivity contribution in [2.75, 3.05) is 7.05 Å². The van der Waals surface area contributed by atoms with Crippen molar-refractivity contribution in [1.82, 2.24) is 15.2 Å². The van der Waals surface area contributed by atoms with Gasteiger partial charge >= 0.3 is 0 Å². The molecule has 3 atom stereocenters. The van der Waals surface area contributed by atoms with Gasteiger partial charge in [-0.1, -0.05) is 24.3 Å². The van der Waals surface area contributed by atoms with Crippen molar-refractivity contribution in [3.05, 3.63) is 84.2 Å². The number of amides is 1. The lowest BCUT2D eigenvalue weighted by Gasteiger charge is -2.36. The molecule has 2 fully saturated rings. The van der Waals surface area contributed by atoms with Crippen LogP contribution >= 0.6 is 0 Å². The number of carbonyl (C=O) groups excluding carboxylic acids is 1. The van der Waals surface area contributed by atoms with E-state index >= 15 is 0 Å². The Balaban J connectivity index is 1.17. The maximum Gasteiger partial charge on any atom is 0.251 e. The smallest absolute Gasteiger partial charge is 0.251 e. The highest BCUT2D eigenvalue weighted by atomic mass is 16.5. The van der Waals surface area contributed by atoms with Crippen LogP contribution in [0.5, 0.6) is 5.75 Å². The number of fused-ring (bicyclic) bond motifs is 2. The van der Waals surface area contributed by atoms with E-state index in [0.29, 0.717) is 24.2 Å². The molecule has 3 aromatic rings. The van der Waals surface area contributed by atoms with Crippen LogP contribution in [-0.4, -0.2) is 41.0 Å². The number of carbonyl (C=O) groups is 1. The van der Waals surface area contributed by atoms with Crippen LogP contribution in [0.25, 0.3) is 11.1 Å². The van der Waals surface area contributed by atoms with Crippen LogP contribution in [0.3, 0.4) is 0 Å². The van der Waals surface area contributed by atoms with Crippen molar-refractivity contribution in [3.8, 4) is 16.9 Å². The summed E-state index contributed by atoms with van der Waals surface area (Å²) in [5.74, 6) is 0.817. The molecule has 32 heavy (non-hydrogen) atoms. The van der Waals surface area contributed by atoms with E-state index in [1.165, 1.54) is 12.8 Å². The topological polar surface area (TPSA) is 54.5 Å². The molecule has 0 saturated carbocycles. The van der Waals surface area contributed by atoms with E-state index in [9.17, 15) is 4.79 Å². The molecule has 3 heterocycles. The lowest BCUT2D eigenvalue weighted by atomic mass is 10.0. The summed E-state index contributed by atoms with van der Waals surface area (Å²) in [5, 5.41) is 3.02. The monoisotopic (exact) mass is 427 g/mol. The molecule has 1 aromatic heterocycles. The first-order chi connectivity index (χ1) is 15.7. The minimum atomic E-state index is -0.0792. The molecule has 2 aliphatic rings. The third-order valence-corrected chi connectivity index (χ3v) is 6.87. The molecule has 2 saturated heterocycles. The summed E-state index contributed by atoms with van der Waals surface area (Å²) in [5.41, 5.74) is 3.84. The largest absolute Gasteiger partial charge is 0.490 e. The fraction of sp³-hybridized carbons (Fsp3) is 0.333. The predicted molar refractivity (Wildman–Crippen MR) is 126 cm³/mol. The number of benzene rings is 2. The van der Waals surface area contributed by atoms with E-state index in [2.05, 4.69) is 22.2 Å². The molecular weight excluding hydrogens is 398 g/mol. The van der Waals surface area contributed by atoms with Crippen molar-refractivity contribution in [3.63, 3.8) is 0 Å². The number of aromatic nitrogens is 1. The van der Waals surface area contributed by atoms with Gasteiger partial charge in [0.2, 0.25) is 0 Å². The minimum absolute atomic E-state index is 0.0792. The Labute approximate surface area is 189 Å². The van der Waals surface area contributed by atoms with Crippen LogP contribution in [0.15, 0.2) is 73.1 Å². The first-order valence-corrected chi connectivity index (χ1v) is 11.4. The highest BCUT2D eigenvalue weighted by Gasteiger charge is 2.39. The highest BCUT2D eigenvalue weighted by molar-refractivity contribution is 5.94. The Morgan fingerprint density at radius 3 is 2.41 bits per heavy atom. The SMILES string of the molecule is CN1[C@@H]2CC[C@H]1CC(Oc1cccc(CNC(=O)c3ccc(-c4ccncc4)cc3)c1)C2. The quantitative estimate of drug-likeness (QED) is 0.621. The van der Waals surface area contributed by atoms with E-state index in [1.54, 1.807) is 12.4 Å². The first-order valence-electron chi connectivity index (χ1n) is 11.4. The van der Waals surface area contributed by atoms with Crippen LogP contribution in [0.4, 0.5) is 0 Å². The van der Waals surface area contributed by atoms with Crippen LogP contribution < -0.4 is 10.1 Å². The van der Waals surface area contributed by atoms with Crippen LogP contribution in [-0.2, 0) is 6.54 Å². The van der Waals surface area contributed by atoms with Crippen molar-refractivity contribution in [2.24, 2.45) is 0 Å². The van der Waals surface area contributed by atoms with Gasteiger partial charge in [-0.3, -0.25) is 9.78 Å². The van der Waals surface area contributed by atoms with Crippen LogP contribution in [0, 0.1) is 0 Å². The van der Waals surface area contributed by atoms with Gasteiger partial charge in [0.1, 0.15) is 11.9 Å². The Morgan fingerprint density at radius 2 is 1.69 bits per heavy atom. The normalized spacial score (nSPS) is 22.5. The highest BCUT2D eigenvalue weighted by Crippen LogP contribution is 2.36. The third kappa shape index (κ3) is 4.53. The Hall–Kier alpha value is -3.18. The van der Waals surface area contributed by atoms with Crippen molar-refractivity contribution < 1.29 is 9.53 Å². The summed E-state index contributed by atoms with van der Waals surface area (Å²) in [6, 6.07) is 21.0. The van der Waals surface area contributed by atoms with E-state index in [0.717, 1.165) is 35.3 Å². The summed E-state index contributed by atoms with van der Waals surface area (Å²) < 4.78 is 6.33. The van der Waals surface area contributed by atoms with Gasteiger partial charge in [-0.05, 0) is 85.8 Å². The van der Waals surface area contributed by atoms with Crippen LogP contribution in [0.1, 0.15) is 41.6 Å². The molecule has 5 heteroatoms. The van der Waals surface area contributed by atoms with Gasteiger partial charge in [0.05, 0.1) is 0 Å². The van der Waals surface area contributed by atoms with E-state index < -0.39 is 0 Å². The zero-order chi connectivity index (χ0) is 21.9. The standard InChI is InChI=1S/C27H29N3O2/c1-30-23-9-10-24(30)17-26(16-23)32-25-4-2-3-19(15-25)18-29-27(31)22-7-5-20(6-8-22)21-11-13-28-14-12-21/h2-8,11-15,23-24,26H,9-10,16-18H2,1H3,(H,29,31)/t23-,24+,26?. The minimum Gasteiger partial charge on any atom is -0.490 e. The van der Waals surface area contributed by atoms with Gasteiger partial charge in [-0.25, -0.2) is 0 Å². The van der Waals surface area contributed by atoms with Gasteiger partial charge in [0.15, 0.2) is 0 Å². The Kier molecular flexibility index (Phi) is 5.91. The molecular formula is C27H29N3O2. The number of nitrogens with zero attached hydrogens (tertiary/aromatic N) is 2. The fourth-order valence-corrected chi connectivity index (χ4v) is 5.02. The van der Waals surface area contributed by atoms with E-state index in [4.69, 9.17) is 4.74 Å². The molecule has 0 aliphatic carbocycles. The number of rotatable bonds is 6. The second-order valence-corrected chi connectivity index (χ2v) is 8.91. The van der Waals surface area contributed by atoms with Gasteiger partial charge < -0.3 is 15.0 Å². The molecule has 0 radical (unpaired) electrons. The molecule has 1 amide bonds. The molecule has 2 aliphatic heterocycles. The van der Waals surface area contributed by atoms with Gasteiger partial charge in [0.25, 0.3) is 5.91 Å². The zero-order valence-electron chi connectivity index (χ0n) is 18.4. The number of hydrogen-bond acceptors (Lipinski definition) is 4. The fourth-order valence-electron chi connectivity index (χ4n) is 5.02. The molecule has 0 spiro atoms. The lowest BCUT2D eigenvalue weighted by molar-refractivity contribution is 0.0661. The molecule has 164 valence electrons. The predicted octanol–water partition coefficient (Wildman–Crippen LogP) is 4.68. The maximum absolute atomic E-state index is 12.6. The van der Waals surface area contributed by atoms with Crippen molar-refractivity contribution >= 4 is 5.91 Å². The van der Waals surface area contributed by atoms with Crippen LogP contribution in [0.2, 0.25) is 0 Å².